The average molecular weight is 341 g/mol. The quantitative estimate of drug-likeness (QED) is 0.817. The molecule has 0 aliphatic rings. The largest absolute Gasteiger partial charge is 0.388 e. The molecule has 1 unspecified atom stereocenters. The monoisotopic (exact) mass is 340 g/mol. The smallest absolute Gasteiger partial charge is 0.0798 e. The second-order valence-corrected chi connectivity index (χ2v) is 4.67. The Hall–Kier alpha value is 0.390. The SMILES string of the molecule is CCC(O)c1cc(Br)ccc1I. The maximum atomic E-state index is 9.61. The molecule has 3 heteroatoms. The van der Waals surface area contributed by atoms with Gasteiger partial charge in [-0.15, -0.1) is 0 Å². The molecular formula is C9H10BrIO. The van der Waals surface area contributed by atoms with E-state index in [1.54, 1.807) is 0 Å². The summed E-state index contributed by atoms with van der Waals surface area (Å²) < 4.78 is 2.13. The Morgan fingerprint density at radius 3 is 2.83 bits per heavy atom. The summed E-state index contributed by atoms with van der Waals surface area (Å²) in [6, 6.07) is 5.95. The molecule has 0 saturated carbocycles. The summed E-state index contributed by atoms with van der Waals surface area (Å²) in [7, 11) is 0. The van der Waals surface area contributed by atoms with E-state index in [4.69, 9.17) is 0 Å². The van der Waals surface area contributed by atoms with Crippen molar-refractivity contribution in [2.24, 2.45) is 0 Å². The number of halogens is 2. The first-order valence-electron chi connectivity index (χ1n) is 3.78. The van der Waals surface area contributed by atoms with Crippen molar-refractivity contribution < 1.29 is 5.11 Å². The fourth-order valence-electron chi connectivity index (χ4n) is 0.990. The summed E-state index contributed by atoms with van der Waals surface area (Å²) in [6.45, 7) is 1.97. The first-order chi connectivity index (χ1) is 5.65. The lowest BCUT2D eigenvalue weighted by molar-refractivity contribution is 0.173. The van der Waals surface area contributed by atoms with Gasteiger partial charge in [0.05, 0.1) is 6.10 Å². The van der Waals surface area contributed by atoms with Gasteiger partial charge in [0.2, 0.25) is 0 Å². The molecule has 0 saturated heterocycles. The van der Waals surface area contributed by atoms with Crippen LogP contribution in [-0.2, 0) is 0 Å². The molecule has 0 spiro atoms. The Balaban J connectivity index is 3.04. The Kier molecular flexibility index (Phi) is 3.99. The highest BCUT2D eigenvalue weighted by molar-refractivity contribution is 14.1. The first kappa shape index (κ1) is 10.5. The molecule has 0 aliphatic heterocycles. The highest BCUT2D eigenvalue weighted by Crippen LogP contribution is 2.25. The van der Waals surface area contributed by atoms with Crippen molar-refractivity contribution in [1.82, 2.24) is 0 Å². The van der Waals surface area contributed by atoms with Crippen LogP contribution in [0.5, 0.6) is 0 Å². The van der Waals surface area contributed by atoms with E-state index in [1.807, 2.05) is 25.1 Å². The standard InChI is InChI=1S/C9H10BrIO/c1-2-9(12)7-5-6(10)3-4-8(7)11/h3-5,9,12H,2H2,1H3. The Morgan fingerprint density at radius 2 is 2.25 bits per heavy atom. The fraction of sp³-hybridized carbons (Fsp3) is 0.333. The first-order valence-corrected chi connectivity index (χ1v) is 5.65. The molecule has 1 atom stereocenters. The Bertz CT molecular complexity index is 275. The van der Waals surface area contributed by atoms with Gasteiger partial charge in [0.25, 0.3) is 0 Å². The molecular weight excluding hydrogens is 331 g/mol. The van der Waals surface area contributed by atoms with Gasteiger partial charge in [-0.05, 0) is 52.8 Å². The number of aliphatic hydroxyl groups excluding tert-OH is 1. The maximum Gasteiger partial charge on any atom is 0.0798 e. The molecule has 1 aromatic carbocycles. The van der Waals surface area contributed by atoms with Crippen LogP contribution in [0.25, 0.3) is 0 Å². The lowest BCUT2D eigenvalue weighted by atomic mass is 10.1. The average Bonchev–Trinajstić information content (AvgIpc) is 2.08. The van der Waals surface area contributed by atoms with Crippen molar-refractivity contribution in [3.05, 3.63) is 31.8 Å². The van der Waals surface area contributed by atoms with Crippen LogP contribution in [0.1, 0.15) is 25.0 Å². The number of hydrogen-bond donors (Lipinski definition) is 1. The van der Waals surface area contributed by atoms with Crippen molar-refractivity contribution in [3.8, 4) is 0 Å². The van der Waals surface area contributed by atoms with Gasteiger partial charge < -0.3 is 5.11 Å². The fourth-order valence-corrected chi connectivity index (χ4v) is 2.06. The molecule has 0 heterocycles. The van der Waals surface area contributed by atoms with Crippen molar-refractivity contribution in [3.63, 3.8) is 0 Å². The number of hydrogen-bond acceptors (Lipinski definition) is 1. The number of aliphatic hydroxyl groups is 1. The van der Waals surface area contributed by atoms with E-state index in [2.05, 4.69) is 38.5 Å². The molecule has 12 heavy (non-hydrogen) atoms. The summed E-state index contributed by atoms with van der Waals surface area (Å²) in [5, 5.41) is 9.61. The van der Waals surface area contributed by atoms with Crippen LogP contribution >= 0.6 is 38.5 Å². The second-order valence-electron chi connectivity index (χ2n) is 2.59. The van der Waals surface area contributed by atoms with Crippen LogP contribution in [0.3, 0.4) is 0 Å². The lowest BCUT2D eigenvalue weighted by Gasteiger charge is -2.10. The van der Waals surface area contributed by atoms with Gasteiger partial charge in [-0.25, -0.2) is 0 Å². The van der Waals surface area contributed by atoms with Crippen molar-refractivity contribution in [1.29, 1.82) is 0 Å². The summed E-state index contributed by atoms with van der Waals surface area (Å²) in [5.74, 6) is 0. The van der Waals surface area contributed by atoms with Gasteiger partial charge in [0.15, 0.2) is 0 Å². The predicted octanol–water partition coefficient (Wildman–Crippen LogP) is 3.50. The van der Waals surface area contributed by atoms with E-state index in [9.17, 15) is 5.11 Å². The van der Waals surface area contributed by atoms with Crippen LogP contribution in [0.4, 0.5) is 0 Å². The van der Waals surface area contributed by atoms with Gasteiger partial charge in [-0.2, -0.15) is 0 Å². The van der Waals surface area contributed by atoms with Crippen LogP contribution in [0.2, 0.25) is 0 Å². The molecule has 0 fully saturated rings. The number of benzene rings is 1. The van der Waals surface area contributed by atoms with E-state index in [0.29, 0.717) is 0 Å². The molecule has 0 aliphatic carbocycles. The van der Waals surface area contributed by atoms with Gasteiger partial charge in [0.1, 0.15) is 0 Å². The molecule has 1 aromatic rings. The van der Waals surface area contributed by atoms with Gasteiger partial charge in [-0.3, -0.25) is 0 Å². The zero-order valence-electron chi connectivity index (χ0n) is 6.72. The van der Waals surface area contributed by atoms with Crippen molar-refractivity contribution in [2.75, 3.05) is 0 Å². The summed E-state index contributed by atoms with van der Waals surface area (Å²) in [5.41, 5.74) is 1.01. The van der Waals surface area contributed by atoms with Crippen LogP contribution in [-0.4, -0.2) is 5.11 Å². The van der Waals surface area contributed by atoms with E-state index < -0.39 is 0 Å². The summed E-state index contributed by atoms with van der Waals surface area (Å²) in [4.78, 5) is 0. The van der Waals surface area contributed by atoms with E-state index in [1.165, 1.54) is 0 Å². The third-order valence-corrected chi connectivity index (χ3v) is 3.18. The summed E-state index contributed by atoms with van der Waals surface area (Å²) >= 11 is 5.61. The van der Waals surface area contributed by atoms with Crippen LogP contribution < -0.4 is 0 Å². The predicted molar refractivity (Wildman–Crippen MR) is 62.1 cm³/mol. The third kappa shape index (κ3) is 2.44. The minimum atomic E-state index is -0.339. The molecule has 66 valence electrons. The van der Waals surface area contributed by atoms with Crippen molar-refractivity contribution >= 4 is 38.5 Å². The van der Waals surface area contributed by atoms with Gasteiger partial charge in [0, 0.05) is 8.04 Å². The lowest BCUT2D eigenvalue weighted by Crippen LogP contribution is -1.97. The molecule has 1 rings (SSSR count). The minimum Gasteiger partial charge on any atom is -0.388 e. The topological polar surface area (TPSA) is 20.2 Å². The summed E-state index contributed by atoms with van der Waals surface area (Å²) in [6.07, 6.45) is 0.418. The highest BCUT2D eigenvalue weighted by Gasteiger charge is 2.08. The van der Waals surface area contributed by atoms with Crippen LogP contribution in [0.15, 0.2) is 22.7 Å². The molecule has 0 bridgehead atoms. The van der Waals surface area contributed by atoms with Crippen LogP contribution in [0, 0.1) is 3.57 Å². The molecule has 0 radical (unpaired) electrons. The molecule has 0 aromatic heterocycles. The maximum absolute atomic E-state index is 9.61. The minimum absolute atomic E-state index is 0.339. The van der Waals surface area contributed by atoms with E-state index in [-0.39, 0.29) is 6.10 Å². The molecule has 0 amide bonds. The van der Waals surface area contributed by atoms with Crippen molar-refractivity contribution in [2.45, 2.75) is 19.4 Å². The third-order valence-electron chi connectivity index (χ3n) is 1.70. The normalized spacial score (nSPS) is 13.0. The molecule has 1 N–H and O–H groups in total. The Labute approximate surface area is 94.4 Å². The number of rotatable bonds is 2. The van der Waals surface area contributed by atoms with E-state index >= 15 is 0 Å². The zero-order chi connectivity index (χ0) is 9.14. The Morgan fingerprint density at radius 1 is 1.58 bits per heavy atom. The van der Waals surface area contributed by atoms with Gasteiger partial charge >= 0.3 is 0 Å². The van der Waals surface area contributed by atoms with Gasteiger partial charge in [-0.1, -0.05) is 22.9 Å². The molecule has 1 nitrogen and oxygen atoms in total. The highest BCUT2D eigenvalue weighted by atomic mass is 127. The van der Waals surface area contributed by atoms with E-state index in [0.717, 1.165) is 20.0 Å². The zero-order valence-corrected chi connectivity index (χ0v) is 10.5. The second kappa shape index (κ2) is 4.58.